The number of methoxy groups -OCH3 is 1. The van der Waals surface area contributed by atoms with Crippen molar-refractivity contribution >= 4 is 0 Å². The van der Waals surface area contributed by atoms with Crippen LogP contribution in [0.15, 0.2) is 12.4 Å². The maximum absolute atomic E-state index is 5.88. The van der Waals surface area contributed by atoms with Crippen LogP contribution in [0, 0.1) is 0 Å². The fourth-order valence-electron chi connectivity index (χ4n) is 1.30. The third-order valence-electron chi connectivity index (χ3n) is 2.26. The Balaban J connectivity index is 2.42. The van der Waals surface area contributed by atoms with E-state index in [9.17, 15) is 0 Å². The Labute approximate surface area is 85.0 Å². The molecule has 4 nitrogen and oxygen atoms in total. The molecule has 2 N–H and O–H groups in total. The van der Waals surface area contributed by atoms with Crippen LogP contribution in [-0.4, -0.2) is 23.5 Å². The molecule has 0 spiro atoms. The lowest BCUT2D eigenvalue weighted by Gasteiger charge is -2.04. The number of rotatable bonds is 6. The zero-order chi connectivity index (χ0) is 10.4. The van der Waals surface area contributed by atoms with Crippen LogP contribution in [0.5, 0.6) is 0 Å². The Morgan fingerprint density at radius 1 is 1.64 bits per heavy atom. The topological polar surface area (TPSA) is 53.1 Å². The quantitative estimate of drug-likeness (QED) is 0.700. The summed E-state index contributed by atoms with van der Waals surface area (Å²) < 4.78 is 6.89. The van der Waals surface area contributed by atoms with Gasteiger partial charge in [-0.15, -0.1) is 0 Å². The van der Waals surface area contributed by atoms with Gasteiger partial charge in [-0.3, -0.25) is 4.68 Å². The molecule has 1 aromatic heterocycles. The second-order valence-electron chi connectivity index (χ2n) is 3.40. The molecule has 0 bridgehead atoms. The molecule has 1 atom stereocenters. The molecule has 0 radical (unpaired) electrons. The fourth-order valence-corrected chi connectivity index (χ4v) is 1.30. The molecule has 1 heterocycles. The summed E-state index contributed by atoms with van der Waals surface area (Å²) in [7, 11) is 1.71. The highest BCUT2D eigenvalue weighted by molar-refractivity contribution is 5.08. The molecular weight excluding hydrogens is 178 g/mol. The summed E-state index contributed by atoms with van der Waals surface area (Å²) in [6, 6.07) is 0.117. The first-order valence-corrected chi connectivity index (χ1v) is 5.04. The van der Waals surface area contributed by atoms with E-state index in [4.69, 9.17) is 10.5 Å². The molecule has 14 heavy (non-hydrogen) atoms. The normalized spacial score (nSPS) is 13.1. The molecule has 1 unspecified atom stereocenters. The van der Waals surface area contributed by atoms with Crippen LogP contribution in [0.3, 0.4) is 0 Å². The molecular formula is C10H19N3O. The minimum Gasteiger partial charge on any atom is -0.385 e. The van der Waals surface area contributed by atoms with Crippen molar-refractivity contribution in [3.63, 3.8) is 0 Å². The van der Waals surface area contributed by atoms with Crippen molar-refractivity contribution in [1.82, 2.24) is 9.78 Å². The molecule has 1 aromatic rings. The molecule has 1 rings (SSSR count). The molecule has 0 saturated carbocycles. The van der Waals surface area contributed by atoms with E-state index in [1.54, 1.807) is 7.11 Å². The number of nitrogens with two attached hydrogens (primary N) is 1. The Kier molecular flexibility index (Phi) is 4.62. The lowest BCUT2D eigenvalue weighted by atomic mass is 10.1. The summed E-state index contributed by atoms with van der Waals surface area (Å²) in [4.78, 5) is 0. The van der Waals surface area contributed by atoms with E-state index in [1.807, 2.05) is 17.1 Å². The lowest BCUT2D eigenvalue weighted by Crippen LogP contribution is -2.07. The predicted molar refractivity (Wildman–Crippen MR) is 55.9 cm³/mol. The second-order valence-corrected chi connectivity index (χ2v) is 3.40. The Hall–Kier alpha value is -0.870. The van der Waals surface area contributed by atoms with E-state index in [-0.39, 0.29) is 6.04 Å². The van der Waals surface area contributed by atoms with Gasteiger partial charge in [0.25, 0.3) is 0 Å². The summed E-state index contributed by atoms with van der Waals surface area (Å²) in [6.07, 6.45) is 5.80. The summed E-state index contributed by atoms with van der Waals surface area (Å²) in [5, 5.41) is 4.24. The van der Waals surface area contributed by atoms with Crippen molar-refractivity contribution in [2.75, 3.05) is 13.7 Å². The van der Waals surface area contributed by atoms with Gasteiger partial charge in [0.15, 0.2) is 0 Å². The Morgan fingerprint density at radius 2 is 2.43 bits per heavy atom. The van der Waals surface area contributed by atoms with Crippen molar-refractivity contribution < 1.29 is 4.74 Å². The standard InChI is InChI=1S/C10H19N3O/c1-3-10(11)9-7-12-13(8-9)5-4-6-14-2/h7-8,10H,3-6,11H2,1-2H3. The molecule has 80 valence electrons. The highest BCUT2D eigenvalue weighted by Gasteiger charge is 2.05. The number of ether oxygens (including phenoxy) is 1. The number of nitrogens with zero attached hydrogens (tertiary/aromatic N) is 2. The van der Waals surface area contributed by atoms with Crippen LogP contribution in [0.2, 0.25) is 0 Å². The summed E-state index contributed by atoms with van der Waals surface area (Å²) in [6.45, 7) is 3.74. The van der Waals surface area contributed by atoms with Crippen LogP contribution >= 0.6 is 0 Å². The minimum absolute atomic E-state index is 0.117. The fraction of sp³-hybridized carbons (Fsp3) is 0.700. The van der Waals surface area contributed by atoms with Gasteiger partial charge >= 0.3 is 0 Å². The maximum Gasteiger partial charge on any atom is 0.0537 e. The van der Waals surface area contributed by atoms with Crippen LogP contribution in [0.1, 0.15) is 31.4 Å². The maximum atomic E-state index is 5.88. The number of aryl methyl sites for hydroxylation is 1. The molecule has 0 aromatic carbocycles. The third kappa shape index (κ3) is 3.12. The second kappa shape index (κ2) is 5.78. The van der Waals surface area contributed by atoms with Crippen LogP contribution in [-0.2, 0) is 11.3 Å². The minimum atomic E-state index is 0.117. The van der Waals surface area contributed by atoms with Crippen LogP contribution in [0.25, 0.3) is 0 Å². The van der Waals surface area contributed by atoms with Crippen LogP contribution in [0.4, 0.5) is 0 Å². The number of hydrogen-bond donors (Lipinski definition) is 1. The summed E-state index contributed by atoms with van der Waals surface area (Å²) in [5.74, 6) is 0. The van der Waals surface area contributed by atoms with Gasteiger partial charge in [-0.05, 0) is 12.8 Å². The first-order chi connectivity index (χ1) is 6.77. The van der Waals surface area contributed by atoms with Crippen molar-refractivity contribution in [1.29, 1.82) is 0 Å². The van der Waals surface area contributed by atoms with Gasteiger partial charge in [0, 0.05) is 38.1 Å². The molecule has 0 aliphatic rings. The zero-order valence-electron chi connectivity index (χ0n) is 8.94. The number of aromatic nitrogens is 2. The first kappa shape index (κ1) is 11.2. The van der Waals surface area contributed by atoms with E-state index in [2.05, 4.69) is 12.0 Å². The van der Waals surface area contributed by atoms with Crippen molar-refractivity contribution in [3.8, 4) is 0 Å². The SMILES string of the molecule is CCC(N)c1cnn(CCCOC)c1. The summed E-state index contributed by atoms with van der Waals surface area (Å²) in [5.41, 5.74) is 7.00. The van der Waals surface area contributed by atoms with E-state index < -0.39 is 0 Å². The number of hydrogen-bond acceptors (Lipinski definition) is 3. The van der Waals surface area contributed by atoms with Crippen molar-refractivity contribution in [2.24, 2.45) is 5.73 Å². The van der Waals surface area contributed by atoms with Crippen LogP contribution < -0.4 is 5.73 Å². The van der Waals surface area contributed by atoms with Crippen molar-refractivity contribution in [2.45, 2.75) is 32.4 Å². The summed E-state index contributed by atoms with van der Waals surface area (Å²) >= 11 is 0. The van der Waals surface area contributed by atoms with E-state index in [0.29, 0.717) is 0 Å². The first-order valence-electron chi connectivity index (χ1n) is 5.04. The van der Waals surface area contributed by atoms with Gasteiger partial charge in [0.05, 0.1) is 6.20 Å². The smallest absolute Gasteiger partial charge is 0.0537 e. The zero-order valence-corrected chi connectivity index (χ0v) is 8.94. The molecule has 4 heteroatoms. The van der Waals surface area contributed by atoms with Gasteiger partial charge in [-0.25, -0.2) is 0 Å². The van der Waals surface area contributed by atoms with E-state index in [1.165, 1.54) is 0 Å². The lowest BCUT2D eigenvalue weighted by molar-refractivity contribution is 0.189. The van der Waals surface area contributed by atoms with Gasteiger partial charge in [0.2, 0.25) is 0 Å². The van der Waals surface area contributed by atoms with Gasteiger partial charge in [-0.2, -0.15) is 5.10 Å². The van der Waals surface area contributed by atoms with Crippen molar-refractivity contribution in [3.05, 3.63) is 18.0 Å². The predicted octanol–water partition coefficient (Wildman–Crippen LogP) is 1.33. The molecule has 0 amide bonds. The van der Waals surface area contributed by atoms with Gasteiger partial charge in [0.1, 0.15) is 0 Å². The molecule has 0 fully saturated rings. The third-order valence-corrected chi connectivity index (χ3v) is 2.26. The Bertz CT molecular complexity index is 260. The van der Waals surface area contributed by atoms with E-state index in [0.717, 1.165) is 31.6 Å². The van der Waals surface area contributed by atoms with Gasteiger partial charge < -0.3 is 10.5 Å². The van der Waals surface area contributed by atoms with Gasteiger partial charge in [-0.1, -0.05) is 6.92 Å². The largest absolute Gasteiger partial charge is 0.385 e. The molecule has 0 aliphatic carbocycles. The average molecular weight is 197 g/mol. The average Bonchev–Trinajstić information content (AvgIpc) is 2.66. The highest BCUT2D eigenvalue weighted by Crippen LogP contribution is 2.11. The van der Waals surface area contributed by atoms with E-state index >= 15 is 0 Å². The molecule has 0 saturated heterocycles. The Morgan fingerprint density at radius 3 is 3.07 bits per heavy atom. The molecule has 0 aliphatic heterocycles. The highest BCUT2D eigenvalue weighted by atomic mass is 16.5. The monoisotopic (exact) mass is 197 g/mol.